The molecule has 5 N–H and O–H groups in total. The second kappa shape index (κ2) is 17.9. The zero-order chi connectivity index (χ0) is 31.9. The first-order valence-corrected chi connectivity index (χ1v) is 14.4. The van der Waals surface area contributed by atoms with Gasteiger partial charge in [0.15, 0.2) is 0 Å². The molecule has 0 bridgehead atoms. The molecule has 0 aliphatic rings. The first-order valence-electron chi connectivity index (χ1n) is 14.4. The van der Waals surface area contributed by atoms with Crippen LogP contribution in [0.3, 0.4) is 0 Å². The smallest absolute Gasteiger partial charge is 0.408 e. The van der Waals surface area contributed by atoms with Crippen molar-refractivity contribution in [1.82, 2.24) is 15.5 Å². The van der Waals surface area contributed by atoms with Crippen LogP contribution in [0.4, 0.5) is 4.79 Å². The van der Waals surface area contributed by atoms with Crippen molar-refractivity contribution in [3.8, 4) is 5.75 Å². The van der Waals surface area contributed by atoms with Gasteiger partial charge in [0.25, 0.3) is 0 Å². The lowest BCUT2D eigenvalue weighted by molar-refractivity contribution is -0.145. The molecule has 12 heteroatoms. The van der Waals surface area contributed by atoms with Crippen molar-refractivity contribution in [3.63, 3.8) is 0 Å². The van der Waals surface area contributed by atoms with Gasteiger partial charge in [-0.15, -0.1) is 0 Å². The molecule has 0 spiro atoms. The SMILES string of the molecule is CCCCCCCCN(C(=O)C(CCC(N)=O)NC(=O)OC(C)(C)C)C(C(=O)NCC(=O)OC)c1cccc(C)c1O. The van der Waals surface area contributed by atoms with E-state index in [0.29, 0.717) is 12.0 Å². The van der Waals surface area contributed by atoms with E-state index in [1.165, 1.54) is 18.1 Å². The molecule has 1 aromatic rings. The summed E-state index contributed by atoms with van der Waals surface area (Å²) >= 11 is 0. The van der Waals surface area contributed by atoms with Gasteiger partial charge in [0.2, 0.25) is 17.7 Å². The van der Waals surface area contributed by atoms with E-state index in [4.69, 9.17) is 10.5 Å². The van der Waals surface area contributed by atoms with Gasteiger partial charge in [0.1, 0.15) is 30.0 Å². The van der Waals surface area contributed by atoms with Gasteiger partial charge < -0.3 is 35.8 Å². The number of amides is 4. The number of carbonyl (C=O) groups excluding carboxylic acids is 5. The number of nitrogens with two attached hydrogens (primary N) is 1. The Morgan fingerprint density at radius 1 is 1.05 bits per heavy atom. The van der Waals surface area contributed by atoms with Gasteiger partial charge in [-0.05, 0) is 46.1 Å². The Labute approximate surface area is 248 Å². The molecule has 42 heavy (non-hydrogen) atoms. The highest BCUT2D eigenvalue weighted by molar-refractivity contribution is 5.94. The third-order valence-electron chi connectivity index (χ3n) is 6.46. The lowest BCUT2D eigenvalue weighted by atomic mass is 9.98. The van der Waals surface area contributed by atoms with E-state index in [-0.39, 0.29) is 30.7 Å². The Bertz CT molecular complexity index is 1070. The molecule has 0 fully saturated rings. The van der Waals surface area contributed by atoms with Gasteiger partial charge in [-0.1, -0.05) is 57.2 Å². The number of hydrogen-bond donors (Lipinski definition) is 4. The van der Waals surface area contributed by atoms with E-state index in [1.54, 1.807) is 39.8 Å². The number of carbonyl (C=O) groups is 5. The average molecular weight is 593 g/mol. The van der Waals surface area contributed by atoms with Crippen LogP contribution in [0.1, 0.15) is 96.2 Å². The van der Waals surface area contributed by atoms with Crippen LogP contribution in [0.5, 0.6) is 5.75 Å². The number of para-hydroxylation sites is 1. The molecule has 2 atom stereocenters. The van der Waals surface area contributed by atoms with E-state index < -0.39 is 54.0 Å². The summed E-state index contributed by atoms with van der Waals surface area (Å²) in [7, 11) is 1.18. The Balaban J connectivity index is 3.56. The highest BCUT2D eigenvalue weighted by Gasteiger charge is 2.37. The number of ether oxygens (including phenoxy) is 2. The molecule has 0 aromatic heterocycles. The van der Waals surface area contributed by atoms with Crippen LogP contribution in [0.25, 0.3) is 0 Å². The molecule has 0 heterocycles. The first kappa shape index (κ1) is 36.2. The lowest BCUT2D eigenvalue weighted by Crippen LogP contribution is -2.53. The summed E-state index contributed by atoms with van der Waals surface area (Å²) in [4.78, 5) is 65.2. The minimum atomic E-state index is -1.37. The quantitative estimate of drug-likeness (QED) is 0.157. The molecule has 0 radical (unpaired) electrons. The first-order chi connectivity index (χ1) is 19.7. The number of rotatable bonds is 17. The maximum absolute atomic E-state index is 14.2. The number of phenolic OH excluding ortho intramolecular Hbond substituents is 1. The third kappa shape index (κ3) is 12.8. The highest BCUT2D eigenvalue weighted by atomic mass is 16.6. The Morgan fingerprint density at radius 2 is 1.69 bits per heavy atom. The number of hydrogen-bond acceptors (Lipinski definition) is 8. The number of methoxy groups -OCH3 is 1. The molecule has 1 aromatic carbocycles. The second-order valence-electron chi connectivity index (χ2n) is 11.2. The highest BCUT2D eigenvalue weighted by Crippen LogP contribution is 2.33. The van der Waals surface area contributed by atoms with Gasteiger partial charge >= 0.3 is 12.1 Å². The van der Waals surface area contributed by atoms with Crippen molar-refractivity contribution in [2.24, 2.45) is 5.73 Å². The van der Waals surface area contributed by atoms with Crippen LogP contribution >= 0.6 is 0 Å². The number of alkyl carbamates (subject to hydrolysis) is 1. The largest absolute Gasteiger partial charge is 0.507 e. The van der Waals surface area contributed by atoms with Crippen molar-refractivity contribution in [3.05, 3.63) is 29.3 Å². The number of aromatic hydroxyl groups is 1. The Morgan fingerprint density at radius 3 is 2.29 bits per heavy atom. The second-order valence-corrected chi connectivity index (χ2v) is 11.2. The van der Waals surface area contributed by atoms with Crippen LogP contribution in [0, 0.1) is 6.92 Å². The summed E-state index contributed by atoms with van der Waals surface area (Å²) in [5.74, 6) is -2.97. The predicted octanol–water partition coefficient (Wildman–Crippen LogP) is 3.38. The van der Waals surface area contributed by atoms with E-state index in [1.807, 2.05) is 0 Å². The molecular formula is C30H48N4O8. The van der Waals surface area contributed by atoms with E-state index in [2.05, 4.69) is 22.3 Å². The number of benzene rings is 1. The summed E-state index contributed by atoms with van der Waals surface area (Å²) in [6, 6.07) is 2.18. The number of esters is 1. The minimum absolute atomic E-state index is 0.0950. The van der Waals surface area contributed by atoms with Crippen LogP contribution in [0.2, 0.25) is 0 Å². The van der Waals surface area contributed by atoms with E-state index in [9.17, 15) is 29.1 Å². The number of unbranched alkanes of at least 4 members (excludes halogenated alkanes) is 5. The predicted molar refractivity (Wildman–Crippen MR) is 157 cm³/mol. The number of phenols is 1. The molecule has 12 nitrogen and oxygen atoms in total. The summed E-state index contributed by atoms with van der Waals surface area (Å²) in [6.07, 6.45) is 4.14. The molecule has 2 unspecified atom stereocenters. The summed E-state index contributed by atoms with van der Waals surface area (Å²) in [5, 5.41) is 16.0. The molecule has 0 aliphatic heterocycles. The maximum atomic E-state index is 14.2. The van der Waals surface area contributed by atoms with Crippen LogP contribution in [0.15, 0.2) is 18.2 Å². The number of nitrogens with one attached hydrogen (secondary N) is 2. The Hall–Kier alpha value is -3.83. The Kier molecular flexibility index (Phi) is 15.4. The van der Waals surface area contributed by atoms with E-state index >= 15 is 0 Å². The number of aryl methyl sites for hydroxylation is 1. The van der Waals surface area contributed by atoms with Crippen LogP contribution in [-0.4, -0.2) is 71.6 Å². The number of primary amides is 1. The monoisotopic (exact) mass is 592 g/mol. The lowest BCUT2D eigenvalue weighted by Gasteiger charge is -2.35. The normalized spacial score (nSPS) is 12.5. The van der Waals surface area contributed by atoms with Crippen molar-refractivity contribution >= 4 is 29.8 Å². The average Bonchev–Trinajstić information content (AvgIpc) is 2.91. The molecular weight excluding hydrogens is 544 g/mol. The standard InChI is InChI=1S/C30H48N4O8/c1-7-8-9-10-11-12-18-34(28(39)22(16-17-23(31)35)33-29(40)42-30(3,4)5)25(27(38)32-19-24(36)41-6)21-15-13-14-20(2)26(21)37/h13-15,22,25,37H,7-12,16-19H2,1-6H3,(H2,31,35)(H,32,38)(H,33,40). The van der Waals surface area contributed by atoms with Gasteiger partial charge in [0, 0.05) is 18.5 Å². The molecule has 0 saturated heterocycles. The van der Waals surface area contributed by atoms with Gasteiger partial charge in [-0.2, -0.15) is 0 Å². The molecule has 0 saturated carbocycles. The topological polar surface area (TPSA) is 177 Å². The fraction of sp³-hybridized carbons (Fsp3) is 0.633. The third-order valence-corrected chi connectivity index (χ3v) is 6.46. The molecule has 236 valence electrons. The molecule has 4 amide bonds. The molecule has 1 rings (SSSR count). The van der Waals surface area contributed by atoms with Gasteiger partial charge in [-0.25, -0.2) is 4.79 Å². The van der Waals surface area contributed by atoms with Crippen molar-refractivity contribution in [2.75, 3.05) is 20.2 Å². The maximum Gasteiger partial charge on any atom is 0.408 e. The summed E-state index contributed by atoms with van der Waals surface area (Å²) in [6.45, 7) is 8.40. The summed E-state index contributed by atoms with van der Waals surface area (Å²) < 4.78 is 9.97. The van der Waals surface area contributed by atoms with E-state index in [0.717, 1.165) is 32.1 Å². The van der Waals surface area contributed by atoms with Crippen molar-refractivity contribution in [1.29, 1.82) is 0 Å². The zero-order valence-corrected chi connectivity index (χ0v) is 25.8. The van der Waals surface area contributed by atoms with Crippen LogP contribution in [-0.2, 0) is 28.7 Å². The fourth-order valence-corrected chi connectivity index (χ4v) is 4.30. The summed E-state index contributed by atoms with van der Waals surface area (Å²) in [5.41, 5.74) is 5.11. The van der Waals surface area contributed by atoms with Crippen molar-refractivity contribution in [2.45, 2.75) is 104 Å². The van der Waals surface area contributed by atoms with Crippen LogP contribution < -0.4 is 16.4 Å². The zero-order valence-electron chi connectivity index (χ0n) is 25.8. The fourth-order valence-electron chi connectivity index (χ4n) is 4.30. The number of nitrogens with zero attached hydrogens (tertiary/aromatic N) is 1. The minimum Gasteiger partial charge on any atom is -0.507 e. The van der Waals surface area contributed by atoms with Gasteiger partial charge in [-0.3, -0.25) is 19.2 Å². The molecule has 0 aliphatic carbocycles. The van der Waals surface area contributed by atoms with Gasteiger partial charge in [0.05, 0.1) is 7.11 Å². The van der Waals surface area contributed by atoms with Crippen molar-refractivity contribution < 1.29 is 38.6 Å².